The fourth-order valence-electron chi connectivity index (χ4n) is 4.80. The highest BCUT2D eigenvalue weighted by Gasteiger charge is 2.29. The van der Waals surface area contributed by atoms with Crippen LogP contribution in [0.15, 0.2) is 54.7 Å². The summed E-state index contributed by atoms with van der Waals surface area (Å²) in [6.07, 6.45) is 5.77. The summed E-state index contributed by atoms with van der Waals surface area (Å²) in [6.45, 7) is 1.81. The molecule has 12 heteroatoms. The van der Waals surface area contributed by atoms with E-state index in [9.17, 15) is 19.2 Å². The summed E-state index contributed by atoms with van der Waals surface area (Å²) >= 11 is 12.4. The van der Waals surface area contributed by atoms with Crippen LogP contribution >= 0.6 is 23.2 Å². The number of hydrogen-bond acceptors (Lipinski definition) is 7. The van der Waals surface area contributed by atoms with Crippen LogP contribution in [-0.2, 0) is 25.4 Å². The van der Waals surface area contributed by atoms with E-state index in [1.807, 2.05) is 6.08 Å². The normalized spacial score (nSPS) is 16.9. The van der Waals surface area contributed by atoms with Gasteiger partial charge in [0.05, 0.1) is 15.6 Å². The number of benzene rings is 2. The van der Waals surface area contributed by atoms with Crippen LogP contribution in [0.3, 0.4) is 0 Å². The Hall–Kier alpha value is -3.76. The number of anilines is 1. The molecule has 0 bridgehead atoms. The van der Waals surface area contributed by atoms with Gasteiger partial charge in [0.2, 0.25) is 6.29 Å². The van der Waals surface area contributed by atoms with Gasteiger partial charge in [0.15, 0.2) is 0 Å². The summed E-state index contributed by atoms with van der Waals surface area (Å²) in [7, 11) is 1.67. The predicted octanol–water partition coefficient (Wildman–Crippen LogP) is 6.10. The zero-order valence-corrected chi connectivity index (χ0v) is 24.9. The molecular formula is C30H33Cl2N3O7. The molecule has 0 aromatic heterocycles. The Bertz CT molecular complexity index is 1310. The molecule has 10 nitrogen and oxygen atoms in total. The Labute approximate surface area is 254 Å². The van der Waals surface area contributed by atoms with E-state index < -0.39 is 30.4 Å². The van der Waals surface area contributed by atoms with Crippen molar-refractivity contribution in [3.05, 3.63) is 75.9 Å². The van der Waals surface area contributed by atoms with E-state index >= 15 is 0 Å². The maximum Gasteiger partial charge on any atom is 0.511 e. The van der Waals surface area contributed by atoms with Crippen molar-refractivity contribution in [1.29, 1.82) is 0 Å². The molecule has 2 atom stereocenters. The average molecular weight is 619 g/mol. The zero-order valence-electron chi connectivity index (χ0n) is 23.4. The highest BCUT2D eigenvalue weighted by atomic mass is 35.5. The van der Waals surface area contributed by atoms with Gasteiger partial charge in [-0.2, -0.15) is 0 Å². The largest absolute Gasteiger partial charge is 0.511 e. The molecule has 224 valence electrons. The van der Waals surface area contributed by atoms with Crippen molar-refractivity contribution >= 4 is 53.0 Å². The number of ether oxygens (including phenoxy) is 3. The van der Waals surface area contributed by atoms with Crippen molar-refractivity contribution in [3.8, 4) is 0 Å². The Morgan fingerprint density at radius 2 is 1.67 bits per heavy atom. The number of rotatable bonds is 9. The summed E-state index contributed by atoms with van der Waals surface area (Å²) in [4.78, 5) is 54.2. The molecule has 2 aromatic rings. The minimum Gasteiger partial charge on any atom is -0.431 e. The quantitative estimate of drug-likeness (QED) is 0.267. The first-order valence-electron chi connectivity index (χ1n) is 13.7. The molecule has 42 heavy (non-hydrogen) atoms. The summed E-state index contributed by atoms with van der Waals surface area (Å²) in [5.41, 5.74) is 1.35. The summed E-state index contributed by atoms with van der Waals surface area (Å²) in [5, 5.41) is 2.87. The molecule has 1 aliphatic heterocycles. The number of halogens is 2. The molecule has 4 rings (SSSR count). The molecule has 1 heterocycles. The Morgan fingerprint density at radius 3 is 2.33 bits per heavy atom. The van der Waals surface area contributed by atoms with Crippen molar-refractivity contribution < 1.29 is 33.4 Å². The number of esters is 1. The van der Waals surface area contributed by atoms with Gasteiger partial charge in [-0.05, 0) is 61.6 Å². The highest BCUT2D eigenvalue weighted by Crippen LogP contribution is 2.25. The molecular weight excluding hydrogens is 585 g/mol. The van der Waals surface area contributed by atoms with Gasteiger partial charge in [0.1, 0.15) is 12.1 Å². The molecule has 1 unspecified atom stereocenters. The van der Waals surface area contributed by atoms with Crippen LogP contribution in [0, 0.1) is 0 Å². The molecule has 0 spiro atoms. The lowest BCUT2D eigenvalue weighted by Gasteiger charge is -2.29. The van der Waals surface area contributed by atoms with Crippen LogP contribution in [0.1, 0.15) is 54.9 Å². The van der Waals surface area contributed by atoms with E-state index in [1.54, 1.807) is 48.5 Å². The Morgan fingerprint density at radius 1 is 1.00 bits per heavy atom. The van der Waals surface area contributed by atoms with Gasteiger partial charge in [0, 0.05) is 38.8 Å². The van der Waals surface area contributed by atoms with Crippen LogP contribution in [0.5, 0.6) is 0 Å². The second kappa shape index (κ2) is 14.4. The monoisotopic (exact) mass is 617 g/mol. The van der Waals surface area contributed by atoms with E-state index in [4.69, 9.17) is 37.4 Å². The number of urea groups is 1. The van der Waals surface area contributed by atoms with E-state index in [1.165, 1.54) is 24.0 Å². The third kappa shape index (κ3) is 8.17. The molecule has 1 saturated carbocycles. The number of carbonyl (C=O) groups is 4. The minimum absolute atomic E-state index is 0.00937. The number of amides is 3. The second-order valence-electron chi connectivity index (χ2n) is 10.1. The summed E-state index contributed by atoms with van der Waals surface area (Å²) < 4.78 is 15.9. The summed E-state index contributed by atoms with van der Waals surface area (Å²) in [6, 6.07) is 10.3. The van der Waals surface area contributed by atoms with Gasteiger partial charge in [-0.1, -0.05) is 47.8 Å². The van der Waals surface area contributed by atoms with E-state index in [-0.39, 0.29) is 34.2 Å². The van der Waals surface area contributed by atoms with Crippen LogP contribution in [-0.4, -0.2) is 61.0 Å². The van der Waals surface area contributed by atoms with Crippen molar-refractivity contribution in [3.63, 3.8) is 0 Å². The first-order chi connectivity index (χ1) is 20.1. The average Bonchev–Trinajstić information content (AvgIpc) is 2.95. The third-order valence-electron chi connectivity index (χ3n) is 6.98. The van der Waals surface area contributed by atoms with Gasteiger partial charge in [0.25, 0.3) is 5.91 Å². The van der Waals surface area contributed by atoms with Gasteiger partial charge in [-0.3, -0.25) is 9.69 Å². The van der Waals surface area contributed by atoms with Crippen LogP contribution in [0.2, 0.25) is 10.0 Å². The minimum atomic E-state index is -1.27. The number of nitrogens with zero attached hydrogens (tertiary/aromatic N) is 2. The second-order valence-corrected chi connectivity index (χ2v) is 10.9. The molecule has 0 radical (unpaired) electrons. The lowest BCUT2D eigenvalue weighted by atomic mass is 9.98. The van der Waals surface area contributed by atoms with Gasteiger partial charge < -0.3 is 24.4 Å². The Balaban J connectivity index is 1.46. The fourth-order valence-corrected chi connectivity index (χ4v) is 5.37. The molecule has 3 amide bonds. The van der Waals surface area contributed by atoms with Gasteiger partial charge >= 0.3 is 18.2 Å². The van der Waals surface area contributed by atoms with Crippen LogP contribution in [0.25, 0.3) is 0 Å². The molecule has 2 aliphatic rings. The lowest BCUT2D eigenvalue weighted by Crippen LogP contribution is -2.45. The number of hydrogen-bond donors (Lipinski definition) is 1. The van der Waals surface area contributed by atoms with Crippen LogP contribution < -0.4 is 10.2 Å². The van der Waals surface area contributed by atoms with Crippen molar-refractivity contribution in [2.45, 2.75) is 63.9 Å². The molecule has 1 aliphatic carbocycles. The van der Waals surface area contributed by atoms with Gasteiger partial charge in [-0.15, -0.1) is 0 Å². The topological polar surface area (TPSA) is 114 Å². The standard InChI is InChI=1S/C30H33Cl2N3O7/c1-19(41-30(39)42-22-8-4-3-5-9-22)40-28(37)25(33-27(36)26-23(31)10-6-11-24(26)32)18-20-12-14-21(15-13-20)35-17-7-16-34(2)29(35)38/h6-7,10-16,19,22,25H,3-5,8-9,17-18H2,1-2H3,(H,33,36)/t19?,25-/m0/s1. The number of carbonyl (C=O) groups excluding carboxylic acids is 4. The SMILES string of the molecule is CC(OC(=O)OC1CCCCC1)OC(=O)[C@H](Cc1ccc(N2CC=CN(C)C2=O)cc1)NC(=O)c1c(Cl)cccc1Cl. The number of nitrogens with one attached hydrogen (secondary N) is 1. The van der Waals surface area contributed by atoms with E-state index in [2.05, 4.69) is 5.32 Å². The smallest absolute Gasteiger partial charge is 0.431 e. The van der Waals surface area contributed by atoms with Crippen LogP contribution in [0.4, 0.5) is 15.3 Å². The van der Waals surface area contributed by atoms with Gasteiger partial charge in [-0.25, -0.2) is 14.4 Å². The van der Waals surface area contributed by atoms with E-state index in [0.29, 0.717) is 17.8 Å². The maximum absolute atomic E-state index is 13.3. The lowest BCUT2D eigenvalue weighted by molar-refractivity contribution is -0.171. The zero-order chi connectivity index (χ0) is 30.2. The fraction of sp³-hybridized carbons (Fsp3) is 0.400. The van der Waals surface area contributed by atoms with E-state index in [0.717, 1.165) is 32.1 Å². The van der Waals surface area contributed by atoms with Crippen molar-refractivity contribution in [2.24, 2.45) is 0 Å². The molecule has 1 fully saturated rings. The third-order valence-corrected chi connectivity index (χ3v) is 7.61. The van der Waals surface area contributed by atoms with Crippen molar-refractivity contribution in [1.82, 2.24) is 10.2 Å². The molecule has 2 aromatic carbocycles. The Kier molecular flexibility index (Phi) is 10.7. The van der Waals surface area contributed by atoms with Crippen molar-refractivity contribution in [2.75, 3.05) is 18.5 Å². The molecule has 0 saturated heterocycles. The first kappa shape index (κ1) is 31.2. The predicted molar refractivity (Wildman–Crippen MR) is 158 cm³/mol. The molecule has 1 N–H and O–H groups in total. The summed E-state index contributed by atoms with van der Waals surface area (Å²) in [5.74, 6) is -1.52. The maximum atomic E-state index is 13.3. The first-order valence-corrected chi connectivity index (χ1v) is 14.5. The highest BCUT2D eigenvalue weighted by molar-refractivity contribution is 6.39.